The fraction of sp³-hybridized carbons (Fsp3) is 0.625. The first-order valence-corrected chi connectivity index (χ1v) is 14.3. The summed E-state index contributed by atoms with van der Waals surface area (Å²) in [6, 6.07) is 0. The van der Waals surface area contributed by atoms with E-state index in [1.807, 2.05) is 39.8 Å². The number of esters is 3. The van der Waals surface area contributed by atoms with Crippen LogP contribution in [0.2, 0.25) is 0 Å². The summed E-state index contributed by atoms with van der Waals surface area (Å²) in [4.78, 5) is 52.9. The van der Waals surface area contributed by atoms with Crippen molar-refractivity contribution in [1.82, 2.24) is 0 Å². The molecule has 2 aliphatic heterocycles. The highest BCUT2D eigenvalue weighted by atomic mass is 16.6. The zero-order valence-corrected chi connectivity index (χ0v) is 23.6. The predicted molar refractivity (Wildman–Crippen MR) is 141 cm³/mol. The van der Waals surface area contributed by atoms with Crippen LogP contribution in [0, 0.1) is 39.9 Å². The van der Waals surface area contributed by atoms with Crippen molar-refractivity contribution in [2.24, 2.45) is 39.9 Å². The molecular formula is C32H36O8. The number of allylic oxidation sites excluding steroid dienone is 2. The normalized spacial score (nSPS) is 50.1. The van der Waals surface area contributed by atoms with E-state index in [2.05, 4.69) is 6.58 Å². The number of aliphatic hydroxyl groups is 1. The summed E-state index contributed by atoms with van der Waals surface area (Å²) >= 11 is 0. The third kappa shape index (κ3) is 2.72. The predicted octanol–water partition coefficient (Wildman–Crippen LogP) is 3.54. The standard InChI is InChI=1S/C32H36O8/c1-14-11-19(34)21-15(2)12-20(38-17(4)33)23-25(22(14)21)40-28(36)32(23)13-31-10-9-29(32,5)26(31)24-18(7-8-30(31,6)37)16(3)27(35)39-24/h9-11,18,20,22-26,37H,3,7-8,12-13H2,1-2,4-6H3/t18-,20-,22-,23+,24-,25+,26-,29+,30+,31-,32-/m0/s1. The maximum Gasteiger partial charge on any atom is 0.334 e. The number of fused-ring (bicyclic) bond motifs is 6. The molecule has 40 heavy (non-hydrogen) atoms. The Bertz CT molecular complexity index is 1410. The first-order chi connectivity index (χ1) is 18.7. The van der Waals surface area contributed by atoms with E-state index in [1.54, 1.807) is 6.08 Å². The van der Waals surface area contributed by atoms with Crippen molar-refractivity contribution in [2.45, 2.75) is 84.2 Å². The van der Waals surface area contributed by atoms with Gasteiger partial charge in [0.2, 0.25) is 0 Å². The lowest BCUT2D eigenvalue weighted by molar-refractivity contribution is -0.160. The van der Waals surface area contributed by atoms with Gasteiger partial charge in [-0.2, -0.15) is 0 Å². The van der Waals surface area contributed by atoms with Crippen LogP contribution in [-0.2, 0) is 33.4 Å². The highest BCUT2D eigenvalue weighted by molar-refractivity contribution is 6.09. The van der Waals surface area contributed by atoms with Crippen molar-refractivity contribution in [3.8, 4) is 0 Å². The number of rotatable bonds is 1. The molecule has 8 heteroatoms. The van der Waals surface area contributed by atoms with Crippen LogP contribution in [0.5, 0.6) is 0 Å². The minimum absolute atomic E-state index is 0.0934. The molecule has 2 saturated heterocycles. The van der Waals surface area contributed by atoms with Gasteiger partial charge in [0.25, 0.3) is 0 Å². The third-order valence-electron chi connectivity index (χ3n) is 12.1. The van der Waals surface area contributed by atoms with Crippen molar-refractivity contribution in [3.63, 3.8) is 0 Å². The fourth-order valence-electron chi connectivity index (χ4n) is 10.4. The van der Waals surface area contributed by atoms with Gasteiger partial charge in [-0.25, -0.2) is 4.79 Å². The van der Waals surface area contributed by atoms with Crippen LogP contribution < -0.4 is 0 Å². The van der Waals surface area contributed by atoms with E-state index >= 15 is 0 Å². The summed E-state index contributed by atoms with van der Waals surface area (Å²) in [5.74, 6) is -3.06. The Balaban J connectivity index is 1.45. The fourth-order valence-corrected chi connectivity index (χ4v) is 10.4. The van der Waals surface area contributed by atoms with Gasteiger partial charge < -0.3 is 19.3 Å². The number of carbonyl (C=O) groups excluding carboxylic acids is 4. The molecule has 7 aliphatic rings. The number of ether oxygens (including phenoxy) is 3. The van der Waals surface area contributed by atoms with Crippen molar-refractivity contribution >= 4 is 23.7 Å². The molecule has 2 heterocycles. The Hall–Kier alpha value is -3.00. The molecule has 2 saturated carbocycles. The van der Waals surface area contributed by atoms with Crippen LogP contribution in [0.4, 0.5) is 0 Å². The molecule has 8 nitrogen and oxygen atoms in total. The van der Waals surface area contributed by atoms with Crippen LogP contribution in [-0.4, -0.2) is 52.7 Å². The molecule has 0 aromatic carbocycles. The lowest BCUT2D eigenvalue weighted by Crippen LogP contribution is -2.53. The topological polar surface area (TPSA) is 116 Å². The molecule has 0 aromatic heterocycles. The van der Waals surface area contributed by atoms with E-state index in [0.717, 1.165) is 11.1 Å². The second-order valence-corrected chi connectivity index (χ2v) is 13.8. The summed E-state index contributed by atoms with van der Waals surface area (Å²) in [7, 11) is 0. The van der Waals surface area contributed by atoms with Crippen LogP contribution in [0.1, 0.15) is 60.3 Å². The molecule has 5 aliphatic carbocycles. The first-order valence-electron chi connectivity index (χ1n) is 14.3. The Morgan fingerprint density at radius 2 is 1.85 bits per heavy atom. The molecular weight excluding hydrogens is 512 g/mol. The summed E-state index contributed by atoms with van der Waals surface area (Å²) in [5.41, 5.74) is -1.46. The highest BCUT2D eigenvalue weighted by Crippen LogP contribution is 2.80. The van der Waals surface area contributed by atoms with Crippen LogP contribution >= 0.6 is 0 Å². The van der Waals surface area contributed by atoms with Gasteiger partial charge in [-0.15, -0.1) is 0 Å². The first kappa shape index (κ1) is 25.9. The van der Waals surface area contributed by atoms with E-state index in [0.29, 0.717) is 30.4 Å². The van der Waals surface area contributed by atoms with Gasteiger partial charge in [-0.05, 0) is 46.1 Å². The molecule has 0 aromatic rings. The molecule has 7 rings (SSSR count). The van der Waals surface area contributed by atoms with E-state index < -0.39 is 75.8 Å². The minimum atomic E-state index is -1.20. The smallest absolute Gasteiger partial charge is 0.334 e. The van der Waals surface area contributed by atoms with Crippen molar-refractivity contribution in [3.05, 3.63) is 47.1 Å². The summed E-state index contributed by atoms with van der Waals surface area (Å²) < 4.78 is 18.4. The zero-order chi connectivity index (χ0) is 28.7. The van der Waals surface area contributed by atoms with Crippen LogP contribution in [0.25, 0.3) is 0 Å². The van der Waals surface area contributed by atoms with Gasteiger partial charge in [-0.1, -0.05) is 36.8 Å². The molecule has 0 unspecified atom stereocenters. The largest absolute Gasteiger partial charge is 0.462 e. The maximum absolute atomic E-state index is 14.5. The molecule has 1 N–H and O–H groups in total. The minimum Gasteiger partial charge on any atom is -0.462 e. The van der Waals surface area contributed by atoms with Crippen LogP contribution in [0.15, 0.2) is 47.1 Å². The van der Waals surface area contributed by atoms with Gasteiger partial charge in [0.1, 0.15) is 18.3 Å². The highest BCUT2D eigenvalue weighted by Gasteiger charge is 2.84. The number of hydrogen-bond acceptors (Lipinski definition) is 8. The average Bonchev–Trinajstić information content (AvgIpc) is 3.53. The van der Waals surface area contributed by atoms with Crippen LogP contribution in [0.3, 0.4) is 0 Å². The Morgan fingerprint density at radius 1 is 1.12 bits per heavy atom. The van der Waals surface area contributed by atoms with E-state index in [9.17, 15) is 24.3 Å². The zero-order valence-electron chi connectivity index (χ0n) is 23.6. The molecule has 11 atom stereocenters. The number of ketones is 1. The Morgan fingerprint density at radius 3 is 2.55 bits per heavy atom. The molecule has 2 bridgehead atoms. The lowest BCUT2D eigenvalue weighted by Gasteiger charge is -2.46. The van der Waals surface area contributed by atoms with Gasteiger partial charge in [0.15, 0.2) is 5.78 Å². The molecule has 1 spiro atoms. The lowest BCUT2D eigenvalue weighted by atomic mass is 9.54. The van der Waals surface area contributed by atoms with E-state index in [4.69, 9.17) is 14.2 Å². The molecule has 0 amide bonds. The molecule has 0 radical (unpaired) electrons. The van der Waals surface area contributed by atoms with Gasteiger partial charge in [-0.3, -0.25) is 14.4 Å². The summed E-state index contributed by atoms with van der Waals surface area (Å²) in [6.07, 6.45) is 5.27. The maximum atomic E-state index is 14.5. The van der Waals surface area contributed by atoms with Gasteiger partial charge >= 0.3 is 17.9 Å². The number of hydrogen-bond donors (Lipinski definition) is 1. The monoisotopic (exact) mass is 548 g/mol. The summed E-state index contributed by atoms with van der Waals surface area (Å²) in [5, 5.41) is 12.2. The van der Waals surface area contributed by atoms with E-state index in [1.165, 1.54) is 6.92 Å². The summed E-state index contributed by atoms with van der Waals surface area (Å²) in [6.45, 7) is 13.0. The van der Waals surface area contributed by atoms with Crippen molar-refractivity contribution in [2.75, 3.05) is 0 Å². The Labute approximate surface area is 233 Å². The average molecular weight is 549 g/mol. The second-order valence-electron chi connectivity index (χ2n) is 13.8. The second kappa shape index (κ2) is 7.64. The molecule has 4 fully saturated rings. The van der Waals surface area contributed by atoms with Crippen molar-refractivity contribution < 1.29 is 38.5 Å². The SMILES string of the molecule is C=C1C(=O)O[C@@H]2[C@@H]3[C@@]4(C=C[C@@]3(C)[C@]3(C4)C(=O)O[C@@H]4[C@H]5C(C)=CC(=O)C5=C(C)C[C@H](OC(C)=O)[C@H]43)[C@](C)(O)CC[C@@H]12. The third-order valence-corrected chi connectivity index (χ3v) is 12.1. The van der Waals surface area contributed by atoms with E-state index in [-0.39, 0.29) is 18.1 Å². The Kier molecular flexibility index (Phi) is 4.95. The number of carbonyl (C=O) groups is 4. The van der Waals surface area contributed by atoms with Gasteiger partial charge in [0.05, 0.1) is 16.9 Å². The van der Waals surface area contributed by atoms with Crippen molar-refractivity contribution in [1.29, 1.82) is 0 Å². The quantitative estimate of drug-likeness (QED) is 0.229. The van der Waals surface area contributed by atoms with Gasteiger partial charge in [0, 0.05) is 53.1 Å². The molecule has 212 valence electrons.